The van der Waals surface area contributed by atoms with Crippen molar-refractivity contribution in [2.45, 2.75) is 76.4 Å². The number of halogens is 1. The Morgan fingerprint density at radius 2 is 1.92 bits per heavy atom. The Morgan fingerprint density at radius 3 is 2.67 bits per heavy atom. The van der Waals surface area contributed by atoms with Crippen LogP contribution in [0.2, 0.25) is 5.02 Å². The highest BCUT2D eigenvalue weighted by Crippen LogP contribution is 2.43. The quantitative estimate of drug-likeness (QED) is 0.306. The van der Waals surface area contributed by atoms with Gasteiger partial charge in [0.15, 0.2) is 0 Å². The van der Waals surface area contributed by atoms with Crippen molar-refractivity contribution in [2.75, 3.05) is 16.8 Å². The topological polar surface area (TPSA) is 83.0 Å². The number of fused-ring (bicyclic) bond motifs is 6. The molecule has 2 N–H and O–H groups in total. The Hall–Kier alpha value is -2.84. The van der Waals surface area contributed by atoms with Crippen LogP contribution < -0.4 is 14.9 Å². The molecule has 5 heterocycles. The molecule has 1 amide bonds. The fraction of sp³-hybridized carbons (Fsp3) is 0.467. The summed E-state index contributed by atoms with van der Waals surface area (Å²) in [5, 5.41) is 4.96. The molecule has 1 saturated heterocycles. The van der Waals surface area contributed by atoms with Gasteiger partial charge in [0, 0.05) is 46.4 Å². The minimum atomic E-state index is -0.175. The fourth-order valence-corrected chi connectivity index (χ4v) is 6.38. The Bertz CT molecular complexity index is 1370. The molecule has 0 aliphatic carbocycles. The Labute approximate surface area is 240 Å². The monoisotopic (exact) mass is 564 g/mol. The molecule has 3 atom stereocenters. The number of nitrogens with zero attached hydrogens (tertiary/aromatic N) is 4. The zero-order valence-corrected chi connectivity index (χ0v) is 25.0. The van der Waals surface area contributed by atoms with Crippen molar-refractivity contribution in [2.24, 2.45) is 11.8 Å². The van der Waals surface area contributed by atoms with Crippen LogP contribution >= 0.6 is 23.5 Å². The summed E-state index contributed by atoms with van der Waals surface area (Å²) in [5.74, 6) is 2.07. The first-order valence-corrected chi connectivity index (χ1v) is 14.7. The molecule has 206 valence electrons. The summed E-state index contributed by atoms with van der Waals surface area (Å²) < 4.78 is 3.01. The molecule has 3 aromatic rings. The molecule has 39 heavy (non-hydrogen) atoms. The Kier molecular flexibility index (Phi) is 7.55. The molecule has 1 fully saturated rings. The van der Waals surface area contributed by atoms with E-state index in [1.165, 1.54) is 11.9 Å². The molecular weight excluding hydrogens is 528 g/mol. The molecule has 0 saturated carbocycles. The van der Waals surface area contributed by atoms with Crippen molar-refractivity contribution in [3.63, 3.8) is 0 Å². The molecule has 9 heteroatoms. The van der Waals surface area contributed by atoms with Gasteiger partial charge in [-0.25, -0.2) is 9.97 Å². The molecule has 0 radical (unpaired) electrons. The van der Waals surface area contributed by atoms with Crippen molar-refractivity contribution < 1.29 is 4.79 Å². The average molecular weight is 565 g/mol. The first-order chi connectivity index (χ1) is 18.4. The van der Waals surface area contributed by atoms with Crippen LogP contribution in [0.1, 0.15) is 82.2 Å². The lowest BCUT2D eigenvalue weighted by molar-refractivity contribution is 0.0984. The van der Waals surface area contributed by atoms with E-state index < -0.39 is 0 Å². The van der Waals surface area contributed by atoms with Crippen LogP contribution in [0, 0.1) is 11.8 Å². The second kappa shape index (κ2) is 10.6. The second-order valence-corrected chi connectivity index (χ2v) is 13.7. The summed E-state index contributed by atoms with van der Waals surface area (Å²) in [4.78, 5) is 30.5. The maximum Gasteiger partial charge on any atom is 0.265 e. The third-order valence-corrected chi connectivity index (χ3v) is 8.82. The third-order valence-electron chi connectivity index (χ3n) is 7.86. The molecule has 0 aromatic carbocycles. The van der Waals surface area contributed by atoms with Crippen LogP contribution in [0.4, 0.5) is 11.6 Å². The SMILES string of the molecule is C[C@H]1CC(c2cc(Cl)ccn2)Nc2cccc(n2)SNC(=O)c2ccc(C(C)(C)C)nc2N2C[C@@H]1CC2(C)C. The van der Waals surface area contributed by atoms with Gasteiger partial charge in [-0.1, -0.05) is 45.4 Å². The number of nitrogens with one attached hydrogen (secondary N) is 2. The highest BCUT2D eigenvalue weighted by atomic mass is 35.5. The zero-order valence-electron chi connectivity index (χ0n) is 23.5. The first-order valence-electron chi connectivity index (χ1n) is 13.5. The number of hydrogen-bond acceptors (Lipinski definition) is 7. The van der Waals surface area contributed by atoms with Crippen molar-refractivity contribution in [3.8, 4) is 0 Å². The summed E-state index contributed by atoms with van der Waals surface area (Å²) in [6, 6.07) is 13.3. The van der Waals surface area contributed by atoms with Gasteiger partial charge in [-0.15, -0.1) is 0 Å². The van der Waals surface area contributed by atoms with Gasteiger partial charge in [0.25, 0.3) is 5.91 Å². The maximum atomic E-state index is 13.6. The smallest absolute Gasteiger partial charge is 0.265 e. The van der Waals surface area contributed by atoms with Crippen molar-refractivity contribution in [1.29, 1.82) is 0 Å². The number of rotatable bonds is 1. The second-order valence-electron chi connectivity index (χ2n) is 12.4. The van der Waals surface area contributed by atoms with Crippen LogP contribution in [0.5, 0.6) is 0 Å². The lowest BCUT2D eigenvalue weighted by atomic mass is 9.83. The number of anilines is 2. The van der Waals surface area contributed by atoms with Crippen molar-refractivity contribution in [1.82, 2.24) is 19.7 Å². The van der Waals surface area contributed by atoms with Gasteiger partial charge in [0.1, 0.15) is 16.7 Å². The summed E-state index contributed by atoms with van der Waals surface area (Å²) in [5.41, 5.74) is 2.15. The molecule has 3 aromatic heterocycles. The summed E-state index contributed by atoms with van der Waals surface area (Å²) in [7, 11) is 0. The van der Waals surface area contributed by atoms with E-state index >= 15 is 0 Å². The summed E-state index contributed by atoms with van der Waals surface area (Å²) >= 11 is 7.58. The van der Waals surface area contributed by atoms with E-state index in [0.717, 1.165) is 42.4 Å². The van der Waals surface area contributed by atoms with Gasteiger partial charge >= 0.3 is 0 Å². The van der Waals surface area contributed by atoms with Crippen LogP contribution in [0.3, 0.4) is 0 Å². The molecule has 2 aliphatic rings. The normalized spacial score (nSPS) is 23.2. The minimum absolute atomic E-state index is 0.0683. The van der Waals surface area contributed by atoms with E-state index in [1.807, 2.05) is 36.4 Å². The van der Waals surface area contributed by atoms with E-state index in [9.17, 15) is 4.79 Å². The van der Waals surface area contributed by atoms with Gasteiger partial charge in [-0.2, -0.15) is 0 Å². The highest BCUT2D eigenvalue weighted by molar-refractivity contribution is 7.97. The Morgan fingerprint density at radius 1 is 1.13 bits per heavy atom. The third kappa shape index (κ3) is 6.02. The van der Waals surface area contributed by atoms with Crippen LogP contribution in [0.25, 0.3) is 0 Å². The number of pyridine rings is 3. The number of hydrogen-bond donors (Lipinski definition) is 2. The largest absolute Gasteiger partial charge is 0.362 e. The predicted octanol–water partition coefficient (Wildman–Crippen LogP) is 7.06. The van der Waals surface area contributed by atoms with E-state index in [4.69, 9.17) is 21.6 Å². The predicted molar refractivity (Wildman–Crippen MR) is 159 cm³/mol. The van der Waals surface area contributed by atoms with E-state index in [2.05, 4.69) is 61.5 Å². The van der Waals surface area contributed by atoms with E-state index in [-0.39, 0.29) is 22.9 Å². The molecule has 1 unspecified atom stereocenters. The van der Waals surface area contributed by atoms with Gasteiger partial charge in [0.2, 0.25) is 0 Å². The van der Waals surface area contributed by atoms with Gasteiger partial charge in [0.05, 0.1) is 17.3 Å². The van der Waals surface area contributed by atoms with Crippen LogP contribution in [0.15, 0.2) is 53.7 Å². The molecule has 4 bridgehead atoms. The first kappa shape index (κ1) is 27.7. The van der Waals surface area contributed by atoms with Crippen LogP contribution in [-0.4, -0.2) is 32.9 Å². The standard InChI is InChI=1S/C30H37ClN6OS/c1-18-14-23(22-15-20(31)12-13-32-22)33-25-8-7-9-26(35-25)39-36-28(38)21-10-11-24(29(2,3)4)34-27(21)37-17-19(18)16-30(37,5)6/h7-13,15,18-19,23H,14,16-17H2,1-6H3,(H,33,35)(H,36,38)/t18-,19-,23?/m0/s1. The number of aromatic nitrogens is 3. The van der Waals surface area contributed by atoms with Gasteiger partial charge < -0.3 is 10.2 Å². The number of carbonyl (C=O) groups is 1. The summed E-state index contributed by atoms with van der Waals surface area (Å²) in [6.07, 6.45) is 3.61. The van der Waals surface area contributed by atoms with Gasteiger partial charge in [-0.05, 0) is 74.9 Å². The lowest BCUT2D eigenvalue weighted by Crippen LogP contribution is -2.40. The van der Waals surface area contributed by atoms with Gasteiger partial charge in [-0.3, -0.25) is 14.5 Å². The molecule has 7 nitrogen and oxygen atoms in total. The number of amides is 1. The van der Waals surface area contributed by atoms with Crippen LogP contribution in [-0.2, 0) is 5.41 Å². The average Bonchev–Trinajstić information content (AvgIpc) is 3.20. The Balaban J connectivity index is 1.59. The van der Waals surface area contributed by atoms with Crippen molar-refractivity contribution in [3.05, 3.63) is 70.6 Å². The highest BCUT2D eigenvalue weighted by Gasteiger charge is 2.43. The molecule has 5 rings (SSSR count). The molecule has 2 aliphatic heterocycles. The zero-order chi connectivity index (χ0) is 27.9. The maximum absolute atomic E-state index is 13.6. The summed E-state index contributed by atoms with van der Waals surface area (Å²) in [6.45, 7) is 14.1. The number of carbonyl (C=O) groups excluding carboxylic acids is 1. The lowest BCUT2D eigenvalue weighted by Gasteiger charge is -2.34. The molecular formula is C30H37ClN6OS. The molecule has 0 spiro atoms. The van der Waals surface area contributed by atoms with E-state index in [0.29, 0.717) is 27.4 Å². The minimum Gasteiger partial charge on any atom is -0.362 e. The van der Waals surface area contributed by atoms with E-state index in [1.54, 1.807) is 12.3 Å². The van der Waals surface area contributed by atoms with Crippen molar-refractivity contribution >= 4 is 41.1 Å². The fourth-order valence-electron chi connectivity index (χ4n) is 5.62.